The normalized spacial score (nSPS) is 15.3. The second-order valence-corrected chi connectivity index (χ2v) is 8.93. The zero-order valence-corrected chi connectivity index (χ0v) is 19.9. The highest BCUT2D eigenvalue weighted by atomic mass is 35.5. The molecule has 1 N–H and O–H groups in total. The highest BCUT2D eigenvalue weighted by Gasteiger charge is 2.27. The molecule has 1 unspecified atom stereocenters. The van der Waals surface area contributed by atoms with Gasteiger partial charge in [-0.2, -0.15) is 0 Å². The number of hydrogen-bond donors (Lipinski definition) is 1. The minimum atomic E-state index is 0.0159. The summed E-state index contributed by atoms with van der Waals surface area (Å²) in [5.41, 5.74) is 5.48. The number of methoxy groups -OCH3 is 1. The van der Waals surface area contributed by atoms with E-state index in [9.17, 15) is 4.79 Å². The molecule has 34 heavy (non-hydrogen) atoms. The summed E-state index contributed by atoms with van der Waals surface area (Å²) in [5, 5.41) is 1.60. The van der Waals surface area contributed by atoms with Crippen LogP contribution in [0, 0.1) is 0 Å². The van der Waals surface area contributed by atoms with E-state index in [1.54, 1.807) is 26.0 Å². The number of imidazole rings is 1. The zero-order chi connectivity index (χ0) is 23.7. The quantitative estimate of drug-likeness (QED) is 0.453. The van der Waals surface area contributed by atoms with Crippen molar-refractivity contribution in [3.8, 4) is 0 Å². The number of aromatic amines is 1. The number of piperazine rings is 1. The van der Waals surface area contributed by atoms with Crippen LogP contribution < -0.4 is 4.90 Å². The zero-order valence-electron chi connectivity index (χ0n) is 19.2. The van der Waals surface area contributed by atoms with Crippen LogP contribution >= 0.6 is 11.6 Å². The van der Waals surface area contributed by atoms with E-state index in [0.29, 0.717) is 43.3 Å². The fourth-order valence-electron chi connectivity index (χ4n) is 4.68. The summed E-state index contributed by atoms with van der Waals surface area (Å²) in [6.07, 6.45) is 5.68. The predicted molar refractivity (Wildman–Crippen MR) is 131 cm³/mol. The Labute approximate surface area is 202 Å². The maximum absolute atomic E-state index is 12.3. The Balaban J connectivity index is 1.51. The largest absolute Gasteiger partial charge is 0.375 e. The van der Waals surface area contributed by atoms with Crippen LogP contribution in [0.3, 0.4) is 0 Å². The van der Waals surface area contributed by atoms with Crippen molar-refractivity contribution in [1.29, 1.82) is 0 Å². The van der Waals surface area contributed by atoms with Gasteiger partial charge < -0.3 is 19.5 Å². The molecule has 10 heteroatoms. The van der Waals surface area contributed by atoms with Crippen LogP contribution in [0.2, 0.25) is 5.02 Å². The Kier molecular flexibility index (Phi) is 6.30. The van der Waals surface area contributed by atoms with Gasteiger partial charge in [0.1, 0.15) is 18.5 Å². The highest BCUT2D eigenvalue weighted by Crippen LogP contribution is 2.39. The molecule has 5 rings (SSSR count). The number of carbonyl (C=O) groups excluding carboxylic acids is 1. The number of ether oxygens (including phenoxy) is 1. The van der Waals surface area contributed by atoms with Crippen molar-refractivity contribution in [3.05, 3.63) is 53.3 Å². The molecule has 1 amide bonds. The molecule has 0 saturated carbocycles. The van der Waals surface area contributed by atoms with Gasteiger partial charge in [0.05, 0.1) is 28.2 Å². The van der Waals surface area contributed by atoms with Crippen LogP contribution in [-0.2, 0) is 16.0 Å². The summed E-state index contributed by atoms with van der Waals surface area (Å²) in [7, 11) is 1.54. The smallest absolute Gasteiger partial charge is 0.248 e. The van der Waals surface area contributed by atoms with E-state index in [-0.39, 0.29) is 18.4 Å². The number of nitrogens with zero attached hydrogens (tertiary/aromatic N) is 6. The molecule has 0 bridgehead atoms. The second kappa shape index (κ2) is 9.52. The minimum absolute atomic E-state index is 0.0159. The van der Waals surface area contributed by atoms with E-state index in [1.165, 1.54) is 0 Å². The highest BCUT2D eigenvalue weighted by molar-refractivity contribution is 6.36. The number of halogens is 1. The van der Waals surface area contributed by atoms with Gasteiger partial charge in [0.15, 0.2) is 5.65 Å². The number of fused-ring (bicyclic) bond motifs is 2. The lowest BCUT2D eigenvalue weighted by molar-refractivity contribution is -0.135. The summed E-state index contributed by atoms with van der Waals surface area (Å²) in [4.78, 5) is 37.3. The van der Waals surface area contributed by atoms with Crippen molar-refractivity contribution in [2.45, 2.75) is 19.3 Å². The van der Waals surface area contributed by atoms with E-state index in [1.807, 2.05) is 17.0 Å². The number of H-pyrrole nitrogens is 1. The number of hydrogen-bond acceptors (Lipinski definition) is 7. The van der Waals surface area contributed by atoms with Gasteiger partial charge in [0.25, 0.3) is 0 Å². The van der Waals surface area contributed by atoms with E-state index in [0.717, 1.165) is 33.4 Å². The number of anilines is 1. The maximum Gasteiger partial charge on any atom is 0.248 e. The van der Waals surface area contributed by atoms with E-state index < -0.39 is 0 Å². The second-order valence-electron chi connectivity index (χ2n) is 8.52. The Hall–Kier alpha value is -3.30. The molecule has 1 aliphatic heterocycles. The number of carbonyl (C=O) groups is 1. The molecule has 9 nitrogen and oxygen atoms in total. The van der Waals surface area contributed by atoms with Crippen LogP contribution in [0.1, 0.15) is 24.1 Å². The molecule has 3 aromatic heterocycles. The summed E-state index contributed by atoms with van der Waals surface area (Å²) in [6, 6.07) is 5.96. The lowest BCUT2D eigenvalue weighted by atomic mass is 9.92. The van der Waals surface area contributed by atoms with Crippen molar-refractivity contribution >= 4 is 45.3 Å². The first-order valence-corrected chi connectivity index (χ1v) is 11.7. The average Bonchev–Trinajstić information content (AvgIpc) is 3.34. The average molecular weight is 480 g/mol. The number of nitrogens with one attached hydrogen (secondary N) is 1. The number of benzene rings is 1. The van der Waals surface area contributed by atoms with E-state index in [2.05, 4.69) is 37.8 Å². The molecule has 0 spiro atoms. The monoisotopic (exact) mass is 479 g/mol. The molecule has 1 fully saturated rings. The molecule has 176 valence electrons. The molecule has 4 heterocycles. The van der Waals surface area contributed by atoms with Gasteiger partial charge in [-0.3, -0.25) is 9.78 Å². The topological polar surface area (TPSA) is 100 Å². The Morgan fingerprint density at radius 2 is 2.03 bits per heavy atom. The van der Waals surface area contributed by atoms with Gasteiger partial charge in [-0.15, -0.1) is 0 Å². The number of rotatable bonds is 6. The minimum Gasteiger partial charge on any atom is -0.375 e. The van der Waals surface area contributed by atoms with Crippen molar-refractivity contribution < 1.29 is 9.53 Å². The van der Waals surface area contributed by atoms with Crippen molar-refractivity contribution in [2.24, 2.45) is 0 Å². The van der Waals surface area contributed by atoms with Crippen LogP contribution in [0.15, 0.2) is 37.1 Å². The molecular weight excluding hydrogens is 454 g/mol. The summed E-state index contributed by atoms with van der Waals surface area (Å²) in [6.45, 7) is 4.96. The SMILES string of the molecule is COCC(=O)N1CCN(c2c(C(C)Cc3ncnc4nc[nH]c34)cc(Cl)c3cccnc23)CC1. The molecule has 1 atom stereocenters. The first kappa shape index (κ1) is 22.5. The molecule has 1 aromatic carbocycles. The molecule has 4 aromatic rings. The number of pyridine rings is 1. The van der Waals surface area contributed by atoms with Crippen LogP contribution in [0.25, 0.3) is 22.1 Å². The number of aromatic nitrogens is 5. The molecular formula is C24H26ClN7O2. The predicted octanol–water partition coefficient (Wildman–Crippen LogP) is 3.20. The summed E-state index contributed by atoms with van der Waals surface area (Å²) in [5.74, 6) is 0.121. The first-order chi connectivity index (χ1) is 16.6. The lowest BCUT2D eigenvalue weighted by Gasteiger charge is -2.38. The Morgan fingerprint density at radius 1 is 1.21 bits per heavy atom. The van der Waals surface area contributed by atoms with E-state index >= 15 is 0 Å². The fraction of sp³-hybridized carbons (Fsp3) is 0.375. The summed E-state index contributed by atoms with van der Waals surface area (Å²) < 4.78 is 5.02. The van der Waals surface area contributed by atoms with Gasteiger partial charge in [-0.1, -0.05) is 18.5 Å². The van der Waals surface area contributed by atoms with Gasteiger partial charge in [-0.05, 0) is 36.1 Å². The molecule has 1 saturated heterocycles. The third-order valence-electron chi connectivity index (χ3n) is 6.39. The fourth-order valence-corrected chi connectivity index (χ4v) is 4.95. The Morgan fingerprint density at radius 3 is 2.82 bits per heavy atom. The van der Waals surface area contributed by atoms with Gasteiger partial charge in [0.2, 0.25) is 5.91 Å². The van der Waals surface area contributed by atoms with Gasteiger partial charge >= 0.3 is 0 Å². The third-order valence-corrected chi connectivity index (χ3v) is 6.71. The summed E-state index contributed by atoms with van der Waals surface area (Å²) >= 11 is 6.73. The van der Waals surface area contributed by atoms with Crippen LogP contribution in [0.5, 0.6) is 0 Å². The number of amides is 1. The standard InChI is InChI=1S/C24H26ClN7O2/c1-15(10-19-22-24(29-13-27-19)30-14-28-22)17-11-18(25)16-4-3-5-26-21(16)23(17)32-8-6-31(7-9-32)20(33)12-34-2/h3-5,11,13-15H,6-10,12H2,1-2H3,(H,27,28,29,30). The van der Waals surface area contributed by atoms with Gasteiger partial charge in [0, 0.05) is 44.9 Å². The molecule has 0 aliphatic carbocycles. The van der Waals surface area contributed by atoms with Crippen molar-refractivity contribution in [1.82, 2.24) is 29.8 Å². The molecule has 1 aliphatic rings. The van der Waals surface area contributed by atoms with Gasteiger partial charge in [-0.25, -0.2) is 15.0 Å². The lowest BCUT2D eigenvalue weighted by Crippen LogP contribution is -2.50. The van der Waals surface area contributed by atoms with Crippen LogP contribution in [0.4, 0.5) is 5.69 Å². The van der Waals surface area contributed by atoms with E-state index in [4.69, 9.17) is 21.3 Å². The maximum atomic E-state index is 12.3. The Bertz CT molecular complexity index is 1330. The first-order valence-electron chi connectivity index (χ1n) is 11.3. The van der Waals surface area contributed by atoms with Crippen molar-refractivity contribution in [2.75, 3.05) is 44.8 Å². The third kappa shape index (κ3) is 4.17. The molecule has 0 radical (unpaired) electrons. The van der Waals surface area contributed by atoms with Crippen LogP contribution in [-0.4, -0.2) is 75.6 Å². The van der Waals surface area contributed by atoms with Crippen molar-refractivity contribution in [3.63, 3.8) is 0 Å².